The molecule has 0 saturated carbocycles. The minimum atomic E-state index is -0.386. The number of fused-ring (bicyclic) bond motifs is 1. The number of hydrogen-bond acceptors (Lipinski definition) is 4. The predicted octanol–water partition coefficient (Wildman–Crippen LogP) is 0.536. The summed E-state index contributed by atoms with van der Waals surface area (Å²) in [5.41, 5.74) is 0.113. The average molecular weight is 291 g/mol. The molecule has 3 heterocycles. The molecule has 7 heteroatoms. The molecule has 0 radical (unpaired) electrons. The van der Waals surface area contributed by atoms with Gasteiger partial charge >= 0.3 is 5.69 Å². The third-order valence-electron chi connectivity index (χ3n) is 3.92. The van der Waals surface area contributed by atoms with Gasteiger partial charge in [0.25, 0.3) is 5.56 Å². The van der Waals surface area contributed by atoms with Gasteiger partial charge in [-0.3, -0.25) is 14.3 Å². The lowest BCUT2D eigenvalue weighted by atomic mass is 9.98. The third-order valence-corrected chi connectivity index (χ3v) is 3.92. The Balaban J connectivity index is 2.12. The van der Waals surface area contributed by atoms with Crippen molar-refractivity contribution < 1.29 is 0 Å². The quantitative estimate of drug-likeness (QED) is 0.769. The summed E-state index contributed by atoms with van der Waals surface area (Å²) >= 11 is 0. The van der Waals surface area contributed by atoms with E-state index in [4.69, 9.17) is 0 Å². The lowest BCUT2D eigenvalue weighted by Gasteiger charge is -2.20. The molecular weight excluding hydrogens is 270 g/mol. The maximum absolute atomic E-state index is 12.0. The largest absolute Gasteiger partial charge is 0.336 e. The Hall–Kier alpha value is -1.89. The molecule has 1 aliphatic rings. The molecule has 3 rings (SSSR count). The highest BCUT2D eigenvalue weighted by Crippen LogP contribution is 2.23. The van der Waals surface area contributed by atoms with E-state index in [-0.39, 0.29) is 11.2 Å². The Kier molecular flexibility index (Phi) is 3.67. The van der Waals surface area contributed by atoms with Gasteiger partial charge in [0.05, 0.1) is 0 Å². The zero-order chi connectivity index (χ0) is 15.0. The minimum Gasteiger partial charge on any atom is -0.336 e. The number of aromatic nitrogens is 4. The summed E-state index contributed by atoms with van der Waals surface area (Å²) < 4.78 is 1.56. The summed E-state index contributed by atoms with van der Waals surface area (Å²) in [6, 6.07) is 0. The first-order chi connectivity index (χ1) is 10.1. The van der Waals surface area contributed by atoms with E-state index in [2.05, 4.69) is 20.3 Å². The van der Waals surface area contributed by atoms with Crippen LogP contribution in [0.25, 0.3) is 11.2 Å². The van der Waals surface area contributed by atoms with Crippen LogP contribution in [0.3, 0.4) is 0 Å². The maximum Gasteiger partial charge on any atom is 0.330 e. The van der Waals surface area contributed by atoms with E-state index in [0.29, 0.717) is 29.5 Å². The van der Waals surface area contributed by atoms with Crippen molar-refractivity contribution in [3.63, 3.8) is 0 Å². The van der Waals surface area contributed by atoms with Crippen LogP contribution in [0.4, 0.5) is 0 Å². The molecule has 1 fully saturated rings. The fraction of sp³-hybridized carbons (Fsp3) is 0.643. The molecule has 2 aromatic heterocycles. The average Bonchev–Trinajstić information content (AvgIpc) is 2.90. The Bertz CT molecular complexity index is 749. The van der Waals surface area contributed by atoms with Gasteiger partial charge in [0.1, 0.15) is 11.3 Å². The van der Waals surface area contributed by atoms with Crippen LogP contribution in [0.2, 0.25) is 0 Å². The first-order valence-corrected chi connectivity index (χ1v) is 7.49. The second-order valence-corrected chi connectivity index (χ2v) is 6.11. The van der Waals surface area contributed by atoms with E-state index in [0.717, 1.165) is 31.8 Å². The van der Waals surface area contributed by atoms with Gasteiger partial charge in [-0.05, 0) is 31.8 Å². The summed E-state index contributed by atoms with van der Waals surface area (Å²) in [7, 11) is 0. The highest BCUT2D eigenvalue weighted by molar-refractivity contribution is 5.69. The number of aromatic amines is 2. The van der Waals surface area contributed by atoms with E-state index < -0.39 is 0 Å². The van der Waals surface area contributed by atoms with E-state index in [1.54, 1.807) is 4.57 Å². The van der Waals surface area contributed by atoms with Gasteiger partial charge in [-0.2, -0.15) is 0 Å². The second kappa shape index (κ2) is 5.48. The Morgan fingerprint density at radius 3 is 2.62 bits per heavy atom. The van der Waals surface area contributed by atoms with Crippen molar-refractivity contribution in [2.24, 2.45) is 5.92 Å². The van der Waals surface area contributed by atoms with Crippen molar-refractivity contribution in [1.82, 2.24) is 24.8 Å². The number of rotatable bonds is 3. The summed E-state index contributed by atoms with van der Waals surface area (Å²) in [6.45, 7) is 6.52. The topological polar surface area (TPSA) is 95.6 Å². The van der Waals surface area contributed by atoms with Gasteiger partial charge in [0.15, 0.2) is 5.65 Å². The van der Waals surface area contributed by atoms with Gasteiger partial charge < -0.3 is 10.3 Å². The summed E-state index contributed by atoms with van der Waals surface area (Å²) in [5, 5.41) is 3.31. The molecule has 0 bridgehead atoms. The van der Waals surface area contributed by atoms with Crippen LogP contribution in [0.5, 0.6) is 0 Å². The van der Waals surface area contributed by atoms with Crippen molar-refractivity contribution in [3.05, 3.63) is 26.7 Å². The summed E-state index contributed by atoms with van der Waals surface area (Å²) in [5.74, 6) is 1.44. The van der Waals surface area contributed by atoms with Gasteiger partial charge in [-0.1, -0.05) is 13.8 Å². The Morgan fingerprint density at radius 1 is 1.24 bits per heavy atom. The first kappa shape index (κ1) is 14.1. The number of imidazole rings is 1. The van der Waals surface area contributed by atoms with Gasteiger partial charge in [0, 0.05) is 12.5 Å². The minimum absolute atomic E-state index is 0.302. The van der Waals surface area contributed by atoms with E-state index in [9.17, 15) is 9.59 Å². The lowest BCUT2D eigenvalue weighted by molar-refractivity contribution is 0.447. The van der Waals surface area contributed by atoms with Crippen LogP contribution >= 0.6 is 0 Å². The second-order valence-electron chi connectivity index (χ2n) is 6.11. The molecule has 1 aliphatic heterocycles. The molecule has 7 nitrogen and oxygen atoms in total. The standard InChI is InChI=1S/C14H21N5O2/c1-8(2)7-19-12-10(13(20)18-14(19)21)16-11(17-12)9-3-5-15-6-4-9/h8-9,15H,3-7H2,1-2H3,(H,16,17)(H,18,20,21). The molecular formula is C14H21N5O2. The Morgan fingerprint density at radius 2 is 1.95 bits per heavy atom. The van der Waals surface area contributed by atoms with Crippen molar-refractivity contribution >= 4 is 11.2 Å². The molecule has 0 aliphatic carbocycles. The normalized spacial score (nSPS) is 16.9. The molecule has 0 spiro atoms. The molecule has 1 saturated heterocycles. The number of H-pyrrole nitrogens is 2. The maximum atomic E-state index is 12.0. The SMILES string of the molecule is CC(C)Cn1c(=O)[nH]c(=O)c2[nH]c(C3CCNCC3)nc21. The fourth-order valence-corrected chi connectivity index (χ4v) is 2.88. The van der Waals surface area contributed by atoms with Crippen LogP contribution in [-0.4, -0.2) is 32.6 Å². The smallest absolute Gasteiger partial charge is 0.330 e. The van der Waals surface area contributed by atoms with Crippen molar-refractivity contribution in [2.45, 2.75) is 39.2 Å². The predicted molar refractivity (Wildman–Crippen MR) is 80.7 cm³/mol. The zero-order valence-electron chi connectivity index (χ0n) is 12.4. The highest BCUT2D eigenvalue weighted by atomic mass is 16.2. The third kappa shape index (κ3) is 2.65. The number of nitrogens with one attached hydrogen (secondary N) is 3. The van der Waals surface area contributed by atoms with Crippen LogP contribution in [-0.2, 0) is 6.54 Å². The van der Waals surface area contributed by atoms with E-state index >= 15 is 0 Å². The summed E-state index contributed by atoms with van der Waals surface area (Å²) in [4.78, 5) is 34.1. The lowest BCUT2D eigenvalue weighted by Crippen LogP contribution is -2.31. The molecule has 2 aromatic rings. The molecule has 0 amide bonds. The molecule has 0 atom stereocenters. The Labute approximate surface area is 121 Å². The van der Waals surface area contributed by atoms with E-state index in [1.807, 2.05) is 13.8 Å². The van der Waals surface area contributed by atoms with Gasteiger partial charge in [-0.15, -0.1) is 0 Å². The number of nitrogens with zero attached hydrogens (tertiary/aromatic N) is 2. The van der Waals surface area contributed by atoms with Crippen LogP contribution in [0.15, 0.2) is 9.59 Å². The molecule has 3 N–H and O–H groups in total. The van der Waals surface area contributed by atoms with Crippen LogP contribution < -0.4 is 16.6 Å². The number of piperidine rings is 1. The fourth-order valence-electron chi connectivity index (χ4n) is 2.88. The van der Waals surface area contributed by atoms with Crippen LogP contribution in [0, 0.1) is 5.92 Å². The molecule has 114 valence electrons. The highest BCUT2D eigenvalue weighted by Gasteiger charge is 2.21. The van der Waals surface area contributed by atoms with Crippen LogP contribution in [0.1, 0.15) is 38.4 Å². The molecule has 21 heavy (non-hydrogen) atoms. The number of hydrogen-bond donors (Lipinski definition) is 3. The van der Waals surface area contributed by atoms with Crippen molar-refractivity contribution in [1.29, 1.82) is 0 Å². The molecule has 0 unspecified atom stereocenters. The zero-order valence-corrected chi connectivity index (χ0v) is 12.4. The van der Waals surface area contributed by atoms with E-state index in [1.165, 1.54) is 0 Å². The van der Waals surface area contributed by atoms with Gasteiger partial charge in [0.2, 0.25) is 0 Å². The van der Waals surface area contributed by atoms with Crippen molar-refractivity contribution in [3.8, 4) is 0 Å². The monoisotopic (exact) mass is 291 g/mol. The molecule has 0 aromatic carbocycles. The van der Waals surface area contributed by atoms with Crippen molar-refractivity contribution in [2.75, 3.05) is 13.1 Å². The summed E-state index contributed by atoms with van der Waals surface area (Å²) in [6.07, 6.45) is 1.98. The van der Waals surface area contributed by atoms with Gasteiger partial charge in [-0.25, -0.2) is 9.78 Å². The first-order valence-electron chi connectivity index (χ1n) is 7.49.